The van der Waals surface area contributed by atoms with Crippen LogP contribution in [0, 0.1) is 11.6 Å². The minimum Gasteiger partial charge on any atom is -0.481 e. The normalized spacial score (nSPS) is 10.4. The van der Waals surface area contributed by atoms with Gasteiger partial charge in [0.15, 0.2) is 11.6 Å². The highest BCUT2D eigenvalue weighted by Crippen LogP contribution is 2.31. The fraction of sp³-hybridized carbons (Fsp3) is 0.0714. The van der Waals surface area contributed by atoms with Crippen molar-refractivity contribution >= 4 is 17.7 Å². The molecule has 98 valence electrons. The van der Waals surface area contributed by atoms with Gasteiger partial charge in [-0.25, -0.2) is 8.78 Å². The first-order chi connectivity index (χ1) is 9.06. The molecular weight excluding hydrogens is 270 g/mol. The minimum absolute atomic E-state index is 0.104. The van der Waals surface area contributed by atoms with Crippen molar-refractivity contribution in [3.8, 4) is 0 Å². The zero-order valence-corrected chi connectivity index (χ0v) is 10.6. The quantitative estimate of drug-likeness (QED) is 0.927. The molecule has 0 spiro atoms. The van der Waals surface area contributed by atoms with Crippen LogP contribution in [0.4, 0.5) is 8.78 Å². The largest absolute Gasteiger partial charge is 0.481 e. The molecule has 0 aliphatic rings. The molecule has 2 aromatic carbocycles. The summed E-state index contributed by atoms with van der Waals surface area (Å²) in [6.45, 7) is 0. The van der Waals surface area contributed by atoms with E-state index < -0.39 is 17.6 Å². The molecule has 2 nitrogen and oxygen atoms in total. The van der Waals surface area contributed by atoms with Crippen molar-refractivity contribution in [2.75, 3.05) is 0 Å². The molecule has 0 saturated carbocycles. The number of benzene rings is 2. The van der Waals surface area contributed by atoms with Gasteiger partial charge in [0.1, 0.15) is 0 Å². The summed E-state index contributed by atoms with van der Waals surface area (Å²) in [4.78, 5) is 12.0. The molecule has 0 unspecified atom stereocenters. The second kappa shape index (κ2) is 5.84. The molecule has 1 N–H and O–H groups in total. The predicted octanol–water partition coefficient (Wildman–Crippen LogP) is 3.74. The third-order valence-corrected chi connectivity index (χ3v) is 3.54. The Hall–Kier alpha value is -1.88. The molecule has 0 radical (unpaired) electrons. The van der Waals surface area contributed by atoms with Gasteiger partial charge >= 0.3 is 5.97 Å². The van der Waals surface area contributed by atoms with Gasteiger partial charge < -0.3 is 5.11 Å². The summed E-state index contributed by atoms with van der Waals surface area (Å²) in [5.41, 5.74) is 0.643. The van der Waals surface area contributed by atoms with Crippen LogP contribution in [0.2, 0.25) is 0 Å². The van der Waals surface area contributed by atoms with E-state index >= 15 is 0 Å². The van der Waals surface area contributed by atoms with Crippen molar-refractivity contribution in [3.63, 3.8) is 0 Å². The van der Waals surface area contributed by atoms with E-state index in [-0.39, 0.29) is 6.42 Å². The lowest BCUT2D eigenvalue weighted by atomic mass is 10.1. The highest BCUT2D eigenvalue weighted by atomic mass is 32.2. The third kappa shape index (κ3) is 3.54. The smallest absolute Gasteiger partial charge is 0.307 e. The highest BCUT2D eigenvalue weighted by Gasteiger charge is 2.09. The molecule has 0 amide bonds. The van der Waals surface area contributed by atoms with E-state index in [0.717, 1.165) is 17.0 Å². The maximum Gasteiger partial charge on any atom is 0.307 e. The Balaban J connectivity index is 2.27. The van der Waals surface area contributed by atoms with Crippen LogP contribution in [0.25, 0.3) is 0 Å². The number of aliphatic carboxylic acids is 1. The number of carbonyl (C=O) groups is 1. The first-order valence-corrected chi connectivity index (χ1v) is 6.30. The van der Waals surface area contributed by atoms with Crippen molar-refractivity contribution in [2.45, 2.75) is 16.2 Å². The number of hydrogen-bond donors (Lipinski definition) is 1. The lowest BCUT2D eigenvalue weighted by Crippen LogP contribution is -2.01. The van der Waals surface area contributed by atoms with E-state index in [4.69, 9.17) is 5.11 Å². The molecule has 2 rings (SSSR count). The van der Waals surface area contributed by atoms with Gasteiger partial charge in [0.2, 0.25) is 0 Å². The van der Waals surface area contributed by atoms with Crippen molar-refractivity contribution in [2.24, 2.45) is 0 Å². The van der Waals surface area contributed by atoms with E-state index in [9.17, 15) is 13.6 Å². The molecule has 0 aliphatic carbocycles. The summed E-state index contributed by atoms with van der Waals surface area (Å²) >= 11 is 1.21. The van der Waals surface area contributed by atoms with E-state index in [1.54, 1.807) is 24.3 Å². The number of rotatable bonds is 4. The summed E-state index contributed by atoms with van der Waals surface area (Å²) in [5.74, 6) is -2.75. The van der Waals surface area contributed by atoms with Gasteiger partial charge in [-0.2, -0.15) is 0 Å². The molecule has 0 saturated heterocycles. The van der Waals surface area contributed by atoms with Crippen molar-refractivity contribution in [1.29, 1.82) is 0 Å². The Labute approximate surface area is 113 Å². The fourth-order valence-corrected chi connectivity index (χ4v) is 2.55. The lowest BCUT2D eigenvalue weighted by Gasteiger charge is -2.07. The number of carboxylic acids is 1. The van der Waals surface area contributed by atoms with Crippen LogP contribution in [0.5, 0.6) is 0 Å². The summed E-state index contributed by atoms with van der Waals surface area (Å²) in [6, 6.07) is 10.6. The maximum absolute atomic E-state index is 13.1. The Morgan fingerprint density at radius 2 is 1.84 bits per heavy atom. The Morgan fingerprint density at radius 1 is 1.11 bits per heavy atom. The van der Waals surface area contributed by atoms with Crippen molar-refractivity contribution in [1.82, 2.24) is 0 Å². The predicted molar refractivity (Wildman–Crippen MR) is 68.3 cm³/mol. The standard InChI is InChI=1S/C14H10F2O2S/c15-11-6-5-10(8-12(11)16)19-13-4-2-1-3-9(13)7-14(17)18/h1-6,8H,7H2,(H,17,18). The maximum atomic E-state index is 13.1. The van der Waals surface area contributed by atoms with Crippen LogP contribution in [-0.4, -0.2) is 11.1 Å². The first kappa shape index (κ1) is 13.5. The van der Waals surface area contributed by atoms with Crippen molar-refractivity contribution in [3.05, 3.63) is 59.7 Å². The van der Waals surface area contributed by atoms with Crippen molar-refractivity contribution < 1.29 is 18.7 Å². The third-order valence-electron chi connectivity index (χ3n) is 2.43. The molecule has 2 aromatic rings. The summed E-state index contributed by atoms with van der Waals surface area (Å²) in [5, 5.41) is 8.82. The van der Waals surface area contributed by atoms with Crippen LogP contribution in [0.15, 0.2) is 52.3 Å². The highest BCUT2D eigenvalue weighted by molar-refractivity contribution is 7.99. The minimum atomic E-state index is -0.932. The second-order valence-corrected chi connectivity index (χ2v) is 4.97. The molecular formula is C14H10F2O2S. The van der Waals surface area contributed by atoms with Crippen LogP contribution in [0.1, 0.15) is 5.56 Å². The summed E-state index contributed by atoms with van der Waals surface area (Å²) < 4.78 is 25.9. The summed E-state index contributed by atoms with van der Waals surface area (Å²) in [7, 11) is 0. The van der Waals surface area contributed by atoms with Gasteiger partial charge in [0, 0.05) is 9.79 Å². The Kier molecular flexibility index (Phi) is 4.16. The summed E-state index contributed by atoms with van der Waals surface area (Å²) in [6.07, 6.45) is -0.104. The van der Waals surface area contributed by atoms with E-state index in [1.165, 1.54) is 17.8 Å². The van der Waals surface area contributed by atoms with E-state index in [0.29, 0.717) is 10.5 Å². The average molecular weight is 280 g/mol. The van der Waals surface area contributed by atoms with Gasteiger partial charge in [0.25, 0.3) is 0 Å². The molecule has 0 heterocycles. The molecule has 0 aliphatic heterocycles. The molecule has 5 heteroatoms. The number of halogens is 2. The van der Waals surface area contributed by atoms with E-state index in [2.05, 4.69) is 0 Å². The van der Waals surface area contributed by atoms with E-state index in [1.807, 2.05) is 0 Å². The van der Waals surface area contributed by atoms with Crippen LogP contribution in [0.3, 0.4) is 0 Å². The molecule has 0 fully saturated rings. The average Bonchev–Trinajstić information content (AvgIpc) is 2.36. The second-order valence-electron chi connectivity index (χ2n) is 3.86. The fourth-order valence-electron chi connectivity index (χ4n) is 1.58. The van der Waals surface area contributed by atoms with Gasteiger partial charge in [-0.05, 0) is 29.8 Å². The Bertz CT molecular complexity index is 614. The molecule has 0 aromatic heterocycles. The SMILES string of the molecule is O=C(O)Cc1ccccc1Sc1ccc(F)c(F)c1. The number of hydrogen-bond acceptors (Lipinski definition) is 2. The number of carboxylic acid groups (broad SMARTS) is 1. The van der Waals surface area contributed by atoms with Crippen LogP contribution in [-0.2, 0) is 11.2 Å². The van der Waals surface area contributed by atoms with Crippen LogP contribution < -0.4 is 0 Å². The topological polar surface area (TPSA) is 37.3 Å². The zero-order valence-electron chi connectivity index (χ0n) is 9.77. The zero-order chi connectivity index (χ0) is 13.8. The molecule has 19 heavy (non-hydrogen) atoms. The molecule has 0 bridgehead atoms. The van der Waals surface area contributed by atoms with Gasteiger partial charge in [-0.3, -0.25) is 4.79 Å². The molecule has 0 atom stereocenters. The lowest BCUT2D eigenvalue weighted by molar-refractivity contribution is -0.136. The van der Waals surface area contributed by atoms with Crippen LogP contribution >= 0.6 is 11.8 Å². The Morgan fingerprint density at radius 3 is 2.53 bits per heavy atom. The van der Waals surface area contributed by atoms with Gasteiger partial charge in [-0.1, -0.05) is 30.0 Å². The first-order valence-electron chi connectivity index (χ1n) is 5.49. The van der Waals surface area contributed by atoms with Gasteiger partial charge in [0.05, 0.1) is 6.42 Å². The monoisotopic (exact) mass is 280 g/mol. The van der Waals surface area contributed by atoms with Gasteiger partial charge in [-0.15, -0.1) is 0 Å².